The van der Waals surface area contributed by atoms with Crippen molar-refractivity contribution in [3.63, 3.8) is 0 Å². The molecule has 0 radical (unpaired) electrons. The number of ketones is 4. The molecule has 2 unspecified atom stereocenters. The number of aliphatic hydroxyl groups excluding tert-OH is 1. The summed E-state index contributed by atoms with van der Waals surface area (Å²) < 4.78 is 39.3. The monoisotopic (exact) mass is 998 g/mol. The van der Waals surface area contributed by atoms with Crippen LogP contribution in [-0.2, 0) is 23.7 Å². The molecule has 5 heterocycles. The molecular formula is C48H46N4O20. The number of carbonyl (C=O) groups excluding carboxylic acids is 6. The number of phenols is 1. The maximum Gasteiger partial charge on any atom is 0.364 e. The number of Topliss-reactive ketones (excluding diaryl/α,β-unsaturated/α-hetero) is 4. The molecule has 1 saturated heterocycles. The summed E-state index contributed by atoms with van der Waals surface area (Å²) in [5.41, 5.74) is -10.0. The van der Waals surface area contributed by atoms with Gasteiger partial charge < -0.3 is 63.9 Å². The summed E-state index contributed by atoms with van der Waals surface area (Å²) in [7, 11) is 2.59. The minimum atomic E-state index is -2.40. The SMILES string of the molecule is COc1ccc2c(O)c(NC(=O)c3cc(O[C@H]4CC(C)([N+](=O)[O-])[C@@H](OC)C(C)O4)c(O)c(C(=O)O[C@H]4[C@H](O)C(=O)[C@]5(C)CNC6=C(O5)C(=O)c5c(cc(C)c(O)c5C(=O)/C(C)=C\[C@@H]4C)C6=O)n3)c(=O)oc2c1. The largest absolute Gasteiger partial charge is 0.507 e. The lowest BCUT2D eigenvalue weighted by atomic mass is 9.82. The smallest absolute Gasteiger partial charge is 0.364 e. The van der Waals surface area contributed by atoms with Crippen molar-refractivity contribution in [2.45, 2.75) is 89.8 Å². The highest BCUT2D eigenvalue weighted by Gasteiger charge is 2.56. The maximum absolute atomic E-state index is 14.5. The summed E-state index contributed by atoms with van der Waals surface area (Å²) >= 11 is 0. The maximum atomic E-state index is 14.5. The molecule has 24 nitrogen and oxygen atoms in total. The van der Waals surface area contributed by atoms with Crippen LogP contribution in [-0.4, -0.2) is 128 Å². The molecular weight excluding hydrogens is 953 g/mol. The van der Waals surface area contributed by atoms with Gasteiger partial charge in [0.1, 0.15) is 34.6 Å². The van der Waals surface area contributed by atoms with Gasteiger partial charge in [0.05, 0.1) is 42.7 Å². The number of aromatic hydroxyl groups is 3. The second-order valence-corrected chi connectivity index (χ2v) is 18.1. The van der Waals surface area contributed by atoms with Crippen LogP contribution in [0.3, 0.4) is 0 Å². The van der Waals surface area contributed by atoms with Crippen molar-refractivity contribution in [3.05, 3.63) is 108 Å². The van der Waals surface area contributed by atoms with E-state index in [4.69, 9.17) is 32.8 Å². The van der Waals surface area contributed by atoms with Crippen LogP contribution in [0, 0.1) is 23.0 Å². The Labute approximate surface area is 406 Å². The zero-order chi connectivity index (χ0) is 52.6. The van der Waals surface area contributed by atoms with Crippen LogP contribution in [0.4, 0.5) is 5.69 Å². The summed E-state index contributed by atoms with van der Waals surface area (Å²) in [4.78, 5) is 114. The van der Waals surface area contributed by atoms with Crippen LogP contribution in [0.25, 0.3) is 11.0 Å². The van der Waals surface area contributed by atoms with E-state index in [1.54, 1.807) is 0 Å². The zero-order valence-corrected chi connectivity index (χ0v) is 39.6. The van der Waals surface area contributed by atoms with Crippen molar-refractivity contribution < 1.29 is 87.0 Å². The molecule has 378 valence electrons. The Morgan fingerprint density at radius 1 is 0.958 bits per heavy atom. The number of fused-ring (bicyclic) bond motifs is 2. The second kappa shape index (κ2) is 18.2. The fourth-order valence-corrected chi connectivity index (χ4v) is 9.28. The van der Waals surface area contributed by atoms with Crippen LogP contribution in [0.2, 0.25) is 0 Å². The number of rotatable bonds is 9. The van der Waals surface area contributed by atoms with Crippen molar-refractivity contribution in [1.29, 1.82) is 0 Å². The first-order chi connectivity index (χ1) is 33.8. The van der Waals surface area contributed by atoms with Gasteiger partial charge in [-0.05, 0) is 57.0 Å². The summed E-state index contributed by atoms with van der Waals surface area (Å²) in [6.45, 7) is 7.34. The Hall–Kier alpha value is -8.22. The number of aliphatic hydroxyl groups is 1. The summed E-state index contributed by atoms with van der Waals surface area (Å²) in [5.74, 6) is -12.1. The molecule has 24 heteroatoms. The van der Waals surface area contributed by atoms with Gasteiger partial charge in [-0.1, -0.05) is 13.0 Å². The van der Waals surface area contributed by atoms with E-state index in [0.29, 0.717) is 0 Å². The molecule has 8 rings (SSSR count). The number of aromatic nitrogens is 1. The number of carbonyl (C=O) groups is 6. The third-order valence-electron chi connectivity index (χ3n) is 13.1. The molecule has 4 aliphatic rings. The molecule has 0 saturated carbocycles. The van der Waals surface area contributed by atoms with E-state index in [1.165, 1.54) is 80.0 Å². The molecule has 72 heavy (non-hydrogen) atoms. The van der Waals surface area contributed by atoms with Crippen LogP contribution >= 0.6 is 0 Å². The molecule has 2 aromatic heterocycles. The standard InChI is InChI=1S/C48H46N4O20/c1-17-11-19(3)40(39(59)42(60)48(6)16-49-30-36(56)23-12-18(2)34(54)29(33(17)53)28(23)38(58)41(30)72-48)71-46(63)32-37(57)26(69-27-15-47(5,52(64)65)43(67-8)20(4)68-27)14-24(50-32)44(61)51-31-35(55)22-10-9-21(66-7)13-25(22)70-45(31)62/h9-14,19-20,27,39-40,43,49,54-55,57,59H,15-16H2,1-8H3,(H,51,61)/b17-11-/t19-,20?,27-,39-,40+,43-,47?,48-/m0/s1. The molecule has 1 aliphatic carbocycles. The Morgan fingerprint density at radius 3 is 2.33 bits per heavy atom. The van der Waals surface area contributed by atoms with Gasteiger partial charge >= 0.3 is 11.6 Å². The lowest BCUT2D eigenvalue weighted by molar-refractivity contribution is -0.593. The van der Waals surface area contributed by atoms with Crippen LogP contribution in [0.15, 0.2) is 62.6 Å². The molecule has 0 spiro atoms. The van der Waals surface area contributed by atoms with Crippen LogP contribution < -0.4 is 25.7 Å². The highest BCUT2D eigenvalue weighted by Crippen LogP contribution is 2.42. The van der Waals surface area contributed by atoms with Gasteiger partial charge in [-0.3, -0.25) is 34.1 Å². The van der Waals surface area contributed by atoms with Crippen molar-refractivity contribution in [2.24, 2.45) is 5.92 Å². The number of methoxy groups -OCH3 is 2. The Kier molecular flexibility index (Phi) is 12.7. The molecule has 6 N–H and O–H groups in total. The lowest BCUT2D eigenvalue weighted by Crippen LogP contribution is -2.60. The molecule has 1 fully saturated rings. The van der Waals surface area contributed by atoms with E-state index in [-0.39, 0.29) is 39.1 Å². The number of pyridine rings is 1. The van der Waals surface area contributed by atoms with Gasteiger partial charge in [-0.15, -0.1) is 0 Å². The van der Waals surface area contributed by atoms with Gasteiger partial charge in [-0.2, -0.15) is 0 Å². The van der Waals surface area contributed by atoms with E-state index in [2.05, 4.69) is 15.6 Å². The summed E-state index contributed by atoms with van der Waals surface area (Å²) in [5, 5.41) is 63.2. The first kappa shape index (κ1) is 50.2. The zero-order valence-electron chi connectivity index (χ0n) is 39.6. The summed E-state index contributed by atoms with van der Waals surface area (Å²) in [6.07, 6.45) is -7.53. The Bertz CT molecular complexity index is 3210. The molecule has 2 aromatic carbocycles. The first-order valence-electron chi connectivity index (χ1n) is 22.0. The fourth-order valence-electron chi connectivity index (χ4n) is 9.28. The molecule has 1 amide bonds. The van der Waals surface area contributed by atoms with Gasteiger partial charge in [0.2, 0.25) is 23.6 Å². The number of ether oxygens (including phenoxy) is 6. The molecule has 8 atom stereocenters. The molecule has 3 bridgehead atoms. The van der Waals surface area contributed by atoms with E-state index < -0.39 is 163 Å². The average Bonchev–Trinajstić information content (AvgIpc) is 3.33. The highest BCUT2D eigenvalue weighted by atomic mass is 16.7. The van der Waals surface area contributed by atoms with Crippen LogP contribution in [0.5, 0.6) is 28.7 Å². The number of nitrogens with one attached hydrogen (secondary N) is 2. The minimum Gasteiger partial charge on any atom is -0.507 e. The predicted molar refractivity (Wildman–Crippen MR) is 244 cm³/mol. The van der Waals surface area contributed by atoms with Crippen LogP contribution in [0.1, 0.15) is 98.7 Å². The van der Waals surface area contributed by atoms with Crippen molar-refractivity contribution in [2.75, 3.05) is 26.1 Å². The number of aryl methyl sites for hydroxylation is 1. The minimum absolute atomic E-state index is 0.0464. The number of benzene rings is 2. The van der Waals surface area contributed by atoms with Gasteiger partial charge in [0.25, 0.3) is 11.4 Å². The molecule has 3 aliphatic heterocycles. The number of anilines is 1. The number of nitro groups is 1. The Morgan fingerprint density at radius 2 is 1.67 bits per heavy atom. The number of amides is 1. The van der Waals surface area contributed by atoms with E-state index >= 15 is 0 Å². The predicted octanol–water partition coefficient (Wildman–Crippen LogP) is 3.34. The van der Waals surface area contributed by atoms with Crippen molar-refractivity contribution >= 4 is 51.7 Å². The van der Waals surface area contributed by atoms with Gasteiger partial charge in [0, 0.05) is 42.6 Å². The Balaban J connectivity index is 1.22. The van der Waals surface area contributed by atoms with Gasteiger partial charge in [0.15, 0.2) is 58.0 Å². The number of phenolic OH excluding ortho intramolecular Hbond substituents is 1. The number of hydrogen-bond donors (Lipinski definition) is 6. The van der Waals surface area contributed by atoms with Crippen molar-refractivity contribution in [1.82, 2.24) is 10.3 Å². The normalized spacial score (nSPS) is 26.8. The molecule has 4 aromatic rings. The van der Waals surface area contributed by atoms with Crippen molar-refractivity contribution in [3.8, 4) is 28.7 Å². The topological polar surface area (TPSA) is 349 Å². The number of hydrogen-bond acceptors (Lipinski definition) is 22. The first-order valence-corrected chi connectivity index (χ1v) is 22.0. The number of esters is 1. The third kappa shape index (κ3) is 8.21. The van der Waals surface area contributed by atoms with E-state index in [1.807, 2.05) is 0 Å². The van der Waals surface area contributed by atoms with Gasteiger partial charge in [-0.25, -0.2) is 14.6 Å². The summed E-state index contributed by atoms with van der Waals surface area (Å²) in [6, 6.07) is 6.06. The number of nitrogens with zero attached hydrogens (tertiary/aromatic N) is 2. The van der Waals surface area contributed by atoms with E-state index in [9.17, 15) is 64.1 Å². The average molecular weight is 999 g/mol. The fraction of sp³-hybridized carbons (Fsp3) is 0.375. The lowest BCUT2D eigenvalue weighted by Gasteiger charge is -2.40. The third-order valence-corrected chi connectivity index (χ3v) is 13.1. The van der Waals surface area contributed by atoms with E-state index in [0.717, 1.165) is 12.1 Å². The second-order valence-electron chi connectivity index (χ2n) is 18.1. The quantitative estimate of drug-likeness (QED) is 0.0606. The highest BCUT2D eigenvalue weighted by molar-refractivity contribution is 6.31. The number of allylic oxidation sites excluding steroid dienone is 3.